The second-order valence-electron chi connectivity index (χ2n) is 3.64. The lowest BCUT2D eigenvalue weighted by molar-refractivity contribution is -0.0448. The van der Waals surface area contributed by atoms with Crippen LogP contribution in [0, 0.1) is 0 Å². The van der Waals surface area contributed by atoms with Crippen LogP contribution in [0.1, 0.15) is 10.5 Å². The first-order chi connectivity index (χ1) is 7.81. The molecule has 2 heterocycles. The van der Waals surface area contributed by atoms with E-state index in [4.69, 9.17) is 9.84 Å². The molecule has 1 saturated heterocycles. The van der Waals surface area contributed by atoms with Crippen LogP contribution in [-0.2, 0) is 4.74 Å². The van der Waals surface area contributed by atoms with E-state index in [9.17, 15) is 4.79 Å². The first-order valence-electron chi connectivity index (χ1n) is 5.24. The summed E-state index contributed by atoms with van der Waals surface area (Å²) in [6, 6.07) is 5.24. The molecule has 0 aliphatic carbocycles. The summed E-state index contributed by atoms with van der Waals surface area (Å²) in [5.74, 6) is -0.109. The van der Waals surface area contributed by atoms with Crippen LogP contribution in [-0.4, -0.2) is 53.3 Å². The van der Waals surface area contributed by atoms with E-state index in [1.807, 2.05) is 0 Å². The van der Waals surface area contributed by atoms with E-state index in [0.717, 1.165) is 0 Å². The van der Waals surface area contributed by atoms with Gasteiger partial charge in [-0.15, -0.1) is 0 Å². The fourth-order valence-corrected chi connectivity index (χ4v) is 1.67. The molecular formula is C11H14N2O3. The Kier molecular flexibility index (Phi) is 3.48. The molecular weight excluding hydrogens is 208 g/mol. The van der Waals surface area contributed by atoms with Crippen molar-refractivity contribution in [2.24, 2.45) is 0 Å². The number of amides is 1. The van der Waals surface area contributed by atoms with Gasteiger partial charge in [0.05, 0.1) is 19.3 Å². The SMILES string of the molecule is O=C(c1ccccn1)N1CCO[C@@H](CO)C1. The number of aliphatic hydroxyl groups excluding tert-OH is 1. The van der Waals surface area contributed by atoms with Crippen LogP contribution in [0.5, 0.6) is 0 Å². The topological polar surface area (TPSA) is 62.7 Å². The lowest BCUT2D eigenvalue weighted by atomic mass is 10.2. The molecule has 1 amide bonds. The zero-order valence-electron chi connectivity index (χ0n) is 8.87. The van der Waals surface area contributed by atoms with Crippen LogP contribution in [0.15, 0.2) is 24.4 Å². The Labute approximate surface area is 93.7 Å². The smallest absolute Gasteiger partial charge is 0.272 e. The standard InChI is InChI=1S/C11H14N2O3/c14-8-9-7-13(5-6-16-9)11(15)10-3-1-2-4-12-10/h1-4,9,14H,5-8H2/t9-/m1/s1. The molecule has 86 valence electrons. The molecule has 1 aromatic rings. The first-order valence-corrected chi connectivity index (χ1v) is 5.24. The molecule has 0 radical (unpaired) electrons. The number of morpholine rings is 1. The highest BCUT2D eigenvalue weighted by Crippen LogP contribution is 2.08. The fraction of sp³-hybridized carbons (Fsp3) is 0.455. The van der Waals surface area contributed by atoms with Crippen molar-refractivity contribution in [1.82, 2.24) is 9.88 Å². The van der Waals surface area contributed by atoms with E-state index in [-0.39, 0.29) is 18.6 Å². The van der Waals surface area contributed by atoms with Crippen molar-refractivity contribution in [3.8, 4) is 0 Å². The molecule has 1 aliphatic rings. The molecule has 2 rings (SSSR count). The summed E-state index contributed by atoms with van der Waals surface area (Å²) in [5, 5.41) is 8.98. The number of ether oxygens (including phenoxy) is 1. The van der Waals surface area contributed by atoms with E-state index in [1.54, 1.807) is 29.3 Å². The molecule has 5 heteroatoms. The Morgan fingerprint density at radius 1 is 1.62 bits per heavy atom. The summed E-state index contributed by atoms with van der Waals surface area (Å²) in [7, 11) is 0. The molecule has 0 unspecified atom stereocenters. The highest BCUT2D eigenvalue weighted by atomic mass is 16.5. The van der Waals surface area contributed by atoms with Crippen LogP contribution in [0.3, 0.4) is 0 Å². The van der Waals surface area contributed by atoms with Gasteiger partial charge in [0, 0.05) is 19.3 Å². The Morgan fingerprint density at radius 3 is 3.19 bits per heavy atom. The van der Waals surface area contributed by atoms with Gasteiger partial charge in [-0.25, -0.2) is 0 Å². The minimum absolute atomic E-state index is 0.0635. The van der Waals surface area contributed by atoms with E-state index < -0.39 is 0 Å². The van der Waals surface area contributed by atoms with Crippen molar-refractivity contribution in [2.75, 3.05) is 26.3 Å². The largest absolute Gasteiger partial charge is 0.394 e. The maximum atomic E-state index is 12.0. The molecule has 1 aliphatic heterocycles. The minimum atomic E-state index is -0.276. The second kappa shape index (κ2) is 5.05. The molecule has 0 spiro atoms. The molecule has 0 saturated carbocycles. The van der Waals surface area contributed by atoms with Crippen molar-refractivity contribution in [3.63, 3.8) is 0 Å². The van der Waals surface area contributed by atoms with Crippen LogP contribution in [0.2, 0.25) is 0 Å². The lowest BCUT2D eigenvalue weighted by Crippen LogP contribution is -2.47. The van der Waals surface area contributed by atoms with Crippen LogP contribution >= 0.6 is 0 Å². The van der Waals surface area contributed by atoms with Gasteiger partial charge in [0.25, 0.3) is 5.91 Å². The van der Waals surface area contributed by atoms with Crippen LogP contribution in [0.4, 0.5) is 0 Å². The van der Waals surface area contributed by atoms with Gasteiger partial charge in [0.15, 0.2) is 0 Å². The lowest BCUT2D eigenvalue weighted by Gasteiger charge is -2.31. The van der Waals surface area contributed by atoms with Crippen molar-refractivity contribution >= 4 is 5.91 Å². The van der Waals surface area contributed by atoms with Gasteiger partial charge in [-0.3, -0.25) is 9.78 Å². The van der Waals surface area contributed by atoms with E-state index in [1.165, 1.54) is 0 Å². The number of aromatic nitrogens is 1. The summed E-state index contributed by atoms with van der Waals surface area (Å²) in [6.45, 7) is 1.37. The highest BCUT2D eigenvalue weighted by molar-refractivity contribution is 5.92. The third-order valence-corrected chi connectivity index (χ3v) is 2.51. The first kappa shape index (κ1) is 11.0. The zero-order valence-corrected chi connectivity index (χ0v) is 8.87. The van der Waals surface area contributed by atoms with Gasteiger partial charge in [-0.05, 0) is 12.1 Å². The van der Waals surface area contributed by atoms with Gasteiger partial charge in [0.1, 0.15) is 5.69 Å². The van der Waals surface area contributed by atoms with Gasteiger partial charge >= 0.3 is 0 Å². The Hall–Kier alpha value is -1.46. The molecule has 5 nitrogen and oxygen atoms in total. The Morgan fingerprint density at radius 2 is 2.50 bits per heavy atom. The van der Waals surface area contributed by atoms with Gasteiger partial charge in [-0.1, -0.05) is 6.07 Å². The normalized spacial score (nSPS) is 20.8. The number of carbonyl (C=O) groups is 1. The number of aliphatic hydroxyl groups is 1. The fourth-order valence-electron chi connectivity index (χ4n) is 1.67. The van der Waals surface area contributed by atoms with Crippen molar-refractivity contribution in [2.45, 2.75) is 6.10 Å². The van der Waals surface area contributed by atoms with Crippen LogP contribution < -0.4 is 0 Å². The quantitative estimate of drug-likeness (QED) is 0.760. The summed E-state index contributed by atoms with van der Waals surface area (Å²) in [6.07, 6.45) is 1.32. The third kappa shape index (κ3) is 2.37. The Bertz CT molecular complexity index is 356. The Balaban J connectivity index is 2.05. The summed E-state index contributed by atoms with van der Waals surface area (Å²) in [5.41, 5.74) is 0.432. The average Bonchev–Trinajstić information content (AvgIpc) is 2.39. The molecule has 0 bridgehead atoms. The van der Waals surface area contributed by atoms with Crippen molar-refractivity contribution < 1.29 is 14.6 Å². The van der Waals surface area contributed by atoms with Gasteiger partial charge in [-0.2, -0.15) is 0 Å². The third-order valence-electron chi connectivity index (χ3n) is 2.51. The monoisotopic (exact) mass is 222 g/mol. The average molecular weight is 222 g/mol. The van der Waals surface area contributed by atoms with Gasteiger partial charge < -0.3 is 14.7 Å². The molecule has 1 aromatic heterocycles. The molecule has 16 heavy (non-hydrogen) atoms. The predicted molar refractivity (Wildman–Crippen MR) is 57.0 cm³/mol. The van der Waals surface area contributed by atoms with E-state index in [0.29, 0.717) is 25.4 Å². The summed E-state index contributed by atoms with van der Waals surface area (Å²) < 4.78 is 5.28. The van der Waals surface area contributed by atoms with Crippen LogP contribution in [0.25, 0.3) is 0 Å². The number of carbonyl (C=O) groups excluding carboxylic acids is 1. The zero-order chi connectivity index (χ0) is 11.4. The minimum Gasteiger partial charge on any atom is -0.394 e. The molecule has 1 fully saturated rings. The van der Waals surface area contributed by atoms with E-state index >= 15 is 0 Å². The highest BCUT2D eigenvalue weighted by Gasteiger charge is 2.24. The molecule has 0 aromatic carbocycles. The second-order valence-corrected chi connectivity index (χ2v) is 3.64. The number of rotatable bonds is 2. The van der Waals surface area contributed by atoms with Crippen molar-refractivity contribution in [3.05, 3.63) is 30.1 Å². The maximum Gasteiger partial charge on any atom is 0.272 e. The number of hydrogen-bond acceptors (Lipinski definition) is 4. The van der Waals surface area contributed by atoms with E-state index in [2.05, 4.69) is 4.98 Å². The molecule has 1 N–H and O–H groups in total. The predicted octanol–water partition coefficient (Wildman–Crippen LogP) is -0.0851. The maximum absolute atomic E-state index is 12.0. The van der Waals surface area contributed by atoms with Gasteiger partial charge in [0.2, 0.25) is 0 Å². The number of nitrogens with zero attached hydrogens (tertiary/aromatic N) is 2. The molecule has 1 atom stereocenters. The summed E-state index contributed by atoms with van der Waals surface area (Å²) >= 11 is 0. The van der Waals surface area contributed by atoms with Crippen molar-refractivity contribution in [1.29, 1.82) is 0 Å². The number of hydrogen-bond donors (Lipinski definition) is 1. The number of pyridine rings is 1. The summed E-state index contributed by atoms with van der Waals surface area (Å²) in [4.78, 5) is 17.7.